The monoisotopic (exact) mass is 426 g/mol. The molecular weight excluding hydrogens is 400 g/mol. The third-order valence-electron chi connectivity index (χ3n) is 5.49. The number of nitrogens with zero attached hydrogens (tertiary/aromatic N) is 2. The predicted octanol–water partition coefficient (Wildman–Crippen LogP) is 5.11. The van der Waals surface area contributed by atoms with Crippen molar-refractivity contribution in [1.29, 1.82) is 0 Å². The van der Waals surface area contributed by atoms with Gasteiger partial charge in [0, 0.05) is 49.5 Å². The summed E-state index contributed by atoms with van der Waals surface area (Å²) in [5.41, 5.74) is 3.04. The van der Waals surface area contributed by atoms with Crippen molar-refractivity contribution in [3.8, 4) is 22.6 Å². The number of pyridine rings is 1. The fourth-order valence-electron chi connectivity index (χ4n) is 3.82. The van der Waals surface area contributed by atoms with Crippen molar-refractivity contribution in [1.82, 2.24) is 9.88 Å². The van der Waals surface area contributed by atoms with Crippen LogP contribution in [0.4, 0.5) is 0 Å². The van der Waals surface area contributed by atoms with Gasteiger partial charge < -0.3 is 14.4 Å². The number of halogens is 1. The van der Waals surface area contributed by atoms with Gasteiger partial charge in [-0.1, -0.05) is 25.1 Å². The second-order valence-electron chi connectivity index (χ2n) is 7.33. The number of methoxy groups -OCH3 is 1. The van der Waals surface area contributed by atoms with Crippen LogP contribution in [0.15, 0.2) is 54.7 Å². The summed E-state index contributed by atoms with van der Waals surface area (Å²) in [7, 11) is 1.68. The minimum absolute atomic E-state index is 0. The lowest BCUT2D eigenvalue weighted by atomic mass is 10.0. The van der Waals surface area contributed by atoms with E-state index in [1.807, 2.05) is 48.4 Å². The molecule has 3 aromatic rings. The number of fused-ring (bicyclic) bond motifs is 1. The second-order valence-corrected chi connectivity index (χ2v) is 7.33. The third-order valence-corrected chi connectivity index (χ3v) is 5.49. The molecule has 5 nitrogen and oxygen atoms in total. The summed E-state index contributed by atoms with van der Waals surface area (Å²) in [6.07, 6.45) is 4.37. The topological polar surface area (TPSA) is 51.7 Å². The summed E-state index contributed by atoms with van der Waals surface area (Å²) >= 11 is 0. The molecule has 2 heterocycles. The standard InChI is InChI=1S/C24H26N2O3.ClH/c1-3-24(27)26-13-11-20(12-14-26)29-19-9-7-17(8-10-19)18-15-21-22(25-16-18)5-4-6-23(21)28-2;/h4-10,15-16,20H,3,11-14H2,1-2H3;1H. The lowest BCUT2D eigenvalue weighted by Crippen LogP contribution is -2.41. The van der Waals surface area contributed by atoms with Gasteiger partial charge in [-0.3, -0.25) is 9.78 Å². The summed E-state index contributed by atoms with van der Waals surface area (Å²) < 4.78 is 11.6. The smallest absolute Gasteiger partial charge is 0.222 e. The Morgan fingerprint density at radius 3 is 2.50 bits per heavy atom. The molecule has 2 aromatic carbocycles. The number of carbonyl (C=O) groups excluding carboxylic acids is 1. The minimum Gasteiger partial charge on any atom is -0.496 e. The zero-order valence-corrected chi connectivity index (χ0v) is 18.2. The first kappa shape index (κ1) is 21.9. The number of carbonyl (C=O) groups is 1. The predicted molar refractivity (Wildman–Crippen MR) is 122 cm³/mol. The van der Waals surface area contributed by atoms with E-state index in [2.05, 4.69) is 23.2 Å². The van der Waals surface area contributed by atoms with Crippen LogP contribution < -0.4 is 9.47 Å². The number of piperidine rings is 1. The normalized spacial score (nSPS) is 14.3. The molecule has 0 radical (unpaired) electrons. The maximum atomic E-state index is 11.8. The van der Waals surface area contributed by atoms with Gasteiger partial charge in [0.2, 0.25) is 5.91 Å². The molecule has 6 heteroatoms. The Kier molecular flexibility index (Phi) is 7.16. The SMILES string of the molecule is CCC(=O)N1CCC(Oc2ccc(-c3cnc4cccc(OC)c4c3)cc2)CC1.Cl. The van der Waals surface area contributed by atoms with E-state index >= 15 is 0 Å². The highest BCUT2D eigenvalue weighted by atomic mass is 35.5. The first-order chi connectivity index (χ1) is 14.2. The van der Waals surface area contributed by atoms with E-state index in [9.17, 15) is 4.79 Å². The average molecular weight is 427 g/mol. The Morgan fingerprint density at radius 2 is 1.83 bits per heavy atom. The molecule has 1 aliphatic heterocycles. The van der Waals surface area contributed by atoms with E-state index < -0.39 is 0 Å². The number of hydrogen-bond donors (Lipinski definition) is 0. The second kappa shape index (κ2) is 9.81. The van der Waals surface area contributed by atoms with E-state index in [4.69, 9.17) is 9.47 Å². The molecule has 0 saturated carbocycles. The quantitative estimate of drug-likeness (QED) is 0.568. The van der Waals surface area contributed by atoms with Gasteiger partial charge in [0.05, 0.1) is 12.6 Å². The van der Waals surface area contributed by atoms with E-state index in [0.717, 1.165) is 59.5 Å². The lowest BCUT2D eigenvalue weighted by molar-refractivity contribution is -0.132. The van der Waals surface area contributed by atoms with Crippen molar-refractivity contribution in [2.24, 2.45) is 0 Å². The molecule has 1 aliphatic rings. The molecule has 4 rings (SSSR count). The largest absolute Gasteiger partial charge is 0.496 e. The van der Waals surface area contributed by atoms with Gasteiger partial charge in [-0.2, -0.15) is 0 Å². The molecular formula is C24H27ClN2O3. The average Bonchev–Trinajstić information content (AvgIpc) is 2.78. The number of likely N-dealkylation sites (tertiary alicyclic amines) is 1. The van der Waals surface area contributed by atoms with Crippen LogP contribution in [0.1, 0.15) is 26.2 Å². The number of amides is 1. The Bertz CT molecular complexity index is 999. The number of benzene rings is 2. The Hall–Kier alpha value is -2.79. The lowest BCUT2D eigenvalue weighted by Gasteiger charge is -2.32. The first-order valence-electron chi connectivity index (χ1n) is 10.2. The molecule has 1 amide bonds. The van der Waals surface area contributed by atoms with Crippen LogP contribution in [0.5, 0.6) is 11.5 Å². The molecule has 1 aromatic heterocycles. The van der Waals surface area contributed by atoms with Crippen LogP contribution in [-0.2, 0) is 4.79 Å². The van der Waals surface area contributed by atoms with Crippen molar-refractivity contribution in [2.75, 3.05) is 20.2 Å². The number of aromatic nitrogens is 1. The van der Waals surface area contributed by atoms with E-state index in [1.54, 1.807) is 7.11 Å². The zero-order valence-electron chi connectivity index (χ0n) is 17.3. The van der Waals surface area contributed by atoms with Crippen LogP contribution in [0, 0.1) is 0 Å². The maximum Gasteiger partial charge on any atom is 0.222 e. The van der Waals surface area contributed by atoms with E-state index in [0.29, 0.717) is 6.42 Å². The van der Waals surface area contributed by atoms with Crippen molar-refractivity contribution < 1.29 is 14.3 Å². The fraction of sp³-hybridized carbons (Fsp3) is 0.333. The van der Waals surface area contributed by atoms with Gasteiger partial charge in [0.1, 0.15) is 17.6 Å². The highest BCUT2D eigenvalue weighted by Gasteiger charge is 2.22. The highest BCUT2D eigenvalue weighted by Crippen LogP contribution is 2.30. The van der Waals surface area contributed by atoms with Gasteiger partial charge in [0.15, 0.2) is 0 Å². The molecule has 158 valence electrons. The van der Waals surface area contributed by atoms with Gasteiger partial charge in [-0.25, -0.2) is 0 Å². The molecule has 0 N–H and O–H groups in total. The molecule has 0 aliphatic carbocycles. The summed E-state index contributed by atoms with van der Waals surface area (Å²) in [6, 6.07) is 16.1. The summed E-state index contributed by atoms with van der Waals surface area (Å²) in [4.78, 5) is 18.3. The number of ether oxygens (including phenoxy) is 2. The Morgan fingerprint density at radius 1 is 1.10 bits per heavy atom. The highest BCUT2D eigenvalue weighted by molar-refractivity contribution is 5.88. The van der Waals surface area contributed by atoms with Crippen LogP contribution in [-0.4, -0.2) is 42.1 Å². The molecule has 30 heavy (non-hydrogen) atoms. The molecule has 0 atom stereocenters. The third kappa shape index (κ3) is 4.68. The Labute approximate surface area is 183 Å². The van der Waals surface area contributed by atoms with Crippen molar-refractivity contribution in [2.45, 2.75) is 32.3 Å². The number of rotatable bonds is 5. The van der Waals surface area contributed by atoms with Gasteiger partial charge in [-0.15, -0.1) is 12.4 Å². The number of hydrogen-bond acceptors (Lipinski definition) is 4. The van der Waals surface area contributed by atoms with Crippen molar-refractivity contribution >= 4 is 29.2 Å². The van der Waals surface area contributed by atoms with Gasteiger partial charge >= 0.3 is 0 Å². The molecule has 0 spiro atoms. The summed E-state index contributed by atoms with van der Waals surface area (Å²) in [5.74, 6) is 1.92. The molecule has 1 fully saturated rings. The molecule has 0 bridgehead atoms. The molecule has 0 unspecified atom stereocenters. The van der Waals surface area contributed by atoms with Crippen molar-refractivity contribution in [3.05, 3.63) is 54.7 Å². The van der Waals surface area contributed by atoms with Crippen LogP contribution in [0.2, 0.25) is 0 Å². The summed E-state index contributed by atoms with van der Waals surface area (Å²) in [6.45, 7) is 3.47. The van der Waals surface area contributed by atoms with E-state index in [-0.39, 0.29) is 24.4 Å². The van der Waals surface area contributed by atoms with E-state index in [1.165, 1.54) is 0 Å². The molecule has 1 saturated heterocycles. The van der Waals surface area contributed by atoms with Crippen LogP contribution in [0.3, 0.4) is 0 Å². The fourth-order valence-corrected chi connectivity index (χ4v) is 3.82. The van der Waals surface area contributed by atoms with Gasteiger partial charge in [-0.05, 0) is 35.9 Å². The minimum atomic E-state index is 0. The van der Waals surface area contributed by atoms with Gasteiger partial charge in [0.25, 0.3) is 0 Å². The van der Waals surface area contributed by atoms with Crippen LogP contribution >= 0.6 is 12.4 Å². The van der Waals surface area contributed by atoms with Crippen molar-refractivity contribution in [3.63, 3.8) is 0 Å². The summed E-state index contributed by atoms with van der Waals surface area (Å²) in [5, 5.41) is 1.00. The maximum absolute atomic E-state index is 11.8. The first-order valence-corrected chi connectivity index (χ1v) is 10.2. The van der Waals surface area contributed by atoms with Crippen LogP contribution in [0.25, 0.3) is 22.0 Å². The Balaban J connectivity index is 0.00000256. The zero-order chi connectivity index (χ0) is 20.2.